The second-order valence-electron chi connectivity index (χ2n) is 7.14. The summed E-state index contributed by atoms with van der Waals surface area (Å²) >= 11 is 0. The van der Waals surface area contributed by atoms with Crippen LogP contribution in [-0.2, 0) is 16.6 Å². The van der Waals surface area contributed by atoms with Crippen molar-refractivity contribution in [3.05, 3.63) is 95.7 Å². The highest BCUT2D eigenvalue weighted by molar-refractivity contribution is 7.90. The zero-order valence-electron chi connectivity index (χ0n) is 15.9. The molecular weight excluding hydrogens is 422 g/mol. The van der Waals surface area contributed by atoms with E-state index >= 15 is 0 Å². The summed E-state index contributed by atoms with van der Waals surface area (Å²) in [5.41, 5.74) is 1.65. The molecule has 8 heteroatoms. The van der Waals surface area contributed by atoms with Crippen LogP contribution in [0.3, 0.4) is 0 Å². The third kappa shape index (κ3) is 3.07. The minimum Gasteiger partial charge on any atom is -0.268 e. The van der Waals surface area contributed by atoms with Crippen LogP contribution in [0.15, 0.2) is 77.8 Å². The summed E-state index contributed by atoms with van der Waals surface area (Å²) in [6.07, 6.45) is 1.56. The number of hydrogen-bond acceptors (Lipinski definition) is 4. The lowest BCUT2D eigenvalue weighted by Gasteiger charge is -2.16. The topological polar surface area (TPSA) is 67.3 Å². The van der Waals surface area contributed by atoms with Crippen molar-refractivity contribution in [1.29, 1.82) is 0 Å². The predicted octanol–water partition coefficient (Wildman–Crippen LogP) is 4.52. The Bertz CT molecular complexity index is 1480. The first-order chi connectivity index (χ1) is 14.9. The minimum absolute atomic E-state index is 0.0420. The zero-order chi connectivity index (χ0) is 21.8. The average molecular weight is 436 g/mol. The SMILES string of the molecule is O=C1c2cc(-c3ccc(F)cc3F)ccc2S(=O)(=O)N1Cc1ccnc2ccccc12. The van der Waals surface area contributed by atoms with Crippen LogP contribution in [0.5, 0.6) is 0 Å². The maximum atomic E-state index is 14.2. The molecular formula is C23H14F2N2O3S. The van der Waals surface area contributed by atoms with Gasteiger partial charge in [-0.2, -0.15) is 0 Å². The van der Waals surface area contributed by atoms with E-state index in [-0.39, 0.29) is 28.1 Å². The summed E-state index contributed by atoms with van der Waals surface area (Å²) in [6, 6.07) is 16.0. The number of fused-ring (bicyclic) bond motifs is 2. The number of para-hydroxylation sites is 1. The number of rotatable bonds is 3. The second-order valence-corrected chi connectivity index (χ2v) is 8.97. The van der Waals surface area contributed by atoms with Crippen LogP contribution in [0, 0.1) is 11.6 Å². The van der Waals surface area contributed by atoms with Crippen LogP contribution in [0.4, 0.5) is 8.78 Å². The van der Waals surface area contributed by atoms with E-state index in [1.54, 1.807) is 18.3 Å². The Balaban J connectivity index is 1.57. The largest absolute Gasteiger partial charge is 0.269 e. The lowest BCUT2D eigenvalue weighted by molar-refractivity contribution is 0.0865. The number of hydrogen-bond donors (Lipinski definition) is 0. The third-order valence-corrected chi connectivity index (χ3v) is 7.09. The van der Waals surface area contributed by atoms with Gasteiger partial charge in [0.15, 0.2) is 0 Å². The Morgan fingerprint density at radius 2 is 1.71 bits per heavy atom. The van der Waals surface area contributed by atoms with Crippen LogP contribution < -0.4 is 0 Å². The van der Waals surface area contributed by atoms with Gasteiger partial charge in [0.2, 0.25) is 0 Å². The molecule has 0 atom stereocenters. The highest BCUT2D eigenvalue weighted by Crippen LogP contribution is 2.36. The van der Waals surface area contributed by atoms with Crippen molar-refractivity contribution >= 4 is 26.8 Å². The lowest BCUT2D eigenvalue weighted by atomic mass is 10.0. The number of amides is 1. The molecule has 0 saturated carbocycles. The van der Waals surface area contributed by atoms with Gasteiger partial charge in [-0.05, 0) is 47.5 Å². The van der Waals surface area contributed by atoms with E-state index in [0.717, 1.165) is 21.8 Å². The summed E-state index contributed by atoms with van der Waals surface area (Å²) in [4.78, 5) is 17.2. The van der Waals surface area contributed by atoms with Crippen molar-refractivity contribution in [2.75, 3.05) is 0 Å². The molecule has 5 nitrogen and oxygen atoms in total. The number of nitrogens with zero attached hydrogens (tertiary/aromatic N) is 2. The number of halogens is 2. The van der Waals surface area contributed by atoms with Gasteiger partial charge in [0.1, 0.15) is 16.5 Å². The number of aromatic nitrogens is 1. The molecule has 0 fully saturated rings. The van der Waals surface area contributed by atoms with Crippen LogP contribution in [0.1, 0.15) is 15.9 Å². The minimum atomic E-state index is -4.07. The van der Waals surface area contributed by atoms with E-state index in [2.05, 4.69) is 4.98 Å². The van der Waals surface area contributed by atoms with Gasteiger partial charge in [0.25, 0.3) is 15.9 Å². The molecule has 3 aromatic carbocycles. The number of carbonyl (C=O) groups excluding carboxylic acids is 1. The molecule has 0 radical (unpaired) electrons. The Hall–Kier alpha value is -3.65. The van der Waals surface area contributed by atoms with E-state index in [9.17, 15) is 22.0 Å². The summed E-state index contributed by atoms with van der Waals surface area (Å²) in [5, 5.41) is 0.748. The van der Waals surface area contributed by atoms with Gasteiger partial charge in [-0.3, -0.25) is 9.78 Å². The molecule has 4 aromatic rings. The first-order valence-corrected chi connectivity index (χ1v) is 10.8. The average Bonchev–Trinajstić information content (AvgIpc) is 2.94. The fourth-order valence-electron chi connectivity index (χ4n) is 3.78. The first-order valence-electron chi connectivity index (χ1n) is 9.35. The zero-order valence-corrected chi connectivity index (χ0v) is 16.7. The van der Waals surface area contributed by atoms with Crippen molar-refractivity contribution < 1.29 is 22.0 Å². The van der Waals surface area contributed by atoms with Crippen molar-refractivity contribution in [2.24, 2.45) is 0 Å². The van der Waals surface area contributed by atoms with Crippen LogP contribution >= 0.6 is 0 Å². The Kier molecular flexibility index (Phi) is 4.33. The molecule has 2 heterocycles. The van der Waals surface area contributed by atoms with E-state index in [1.165, 1.54) is 24.3 Å². The molecule has 0 spiro atoms. The van der Waals surface area contributed by atoms with E-state index < -0.39 is 27.6 Å². The van der Waals surface area contributed by atoms with Gasteiger partial charge in [-0.1, -0.05) is 24.3 Å². The van der Waals surface area contributed by atoms with Crippen LogP contribution in [-0.4, -0.2) is 23.6 Å². The monoisotopic (exact) mass is 436 g/mol. The summed E-state index contributed by atoms with van der Waals surface area (Å²) < 4.78 is 54.4. The Morgan fingerprint density at radius 3 is 2.52 bits per heavy atom. The number of sulfonamides is 1. The maximum Gasteiger partial charge on any atom is 0.269 e. The summed E-state index contributed by atoms with van der Waals surface area (Å²) in [5.74, 6) is -2.22. The summed E-state index contributed by atoms with van der Waals surface area (Å²) in [6.45, 7) is -0.154. The second kappa shape index (κ2) is 6.95. The van der Waals surface area contributed by atoms with Crippen LogP contribution in [0.2, 0.25) is 0 Å². The molecule has 0 N–H and O–H groups in total. The number of carbonyl (C=O) groups is 1. The van der Waals surface area contributed by atoms with Gasteiger partial charge in [0, 0.05) is 23.2 Å². The molecule has 0 bridgehead atoms. The van der Waals surface area contributed by atoms with Gasteiger partial charge in [0.05, 0.1) is 17.6 Å². The van der Waals surface area contributed by atoms with E-state index in [1.807, 2.05) is 18.2 Å². The molecule has 0 unspecified atom stereocenters. The Labute approximate surface area is 176 Å². The van der Waals surface area contributed by atoms with E-state index in [4.69, 9.17) is 0 Å². The molecule has 1 aliphatic heterocycles. The highest BCUT2D eigenvalue weighted by atomic mass is 32.2. The number of benzene rings is 3. The van der Waals surface area contributed by atoms with Crippen molar-refractivity contribution in [3.8, 4) is 11.1 Å². The molecule has 0 aliphatic carbocycles. The van der Waals surface area contributed by atoms with Crippen molar-refractivity contribution in [2.45, 2.75) is 11.4 Å². The molecule has 1 aliphatic rings. The first kappa shape index (κ1) is 19.3. The highest BCUT2D eigenvalue weighted by Gasteiger charge is 2.41. The quantitative estimate of drug-likeness (QED) is 0.474. The van der Waals surface area contributed by atoms with E-state index in [0.29, 0.717) is 11.1 Å². The van der Waals surface area contributed by atoms with Gasteiger partial charge in [-0.25, -0.2) is 21.5 Å². The molecule has 5 rings (SSSR count). The van der Waals surface area contributed by atoms with Gasteiger partial charge < -0.3 is 0 Å². The molecule has 31 heavy (non-hydrogen) atoms. The summed E-state index contributed by atoms with van der Waals surface area (Å²) in [7, 11) is -4.07. The molecule has 0 saturated heterocycles. The fourth-order valence-corrected chi connectivity index (χ4v) is 5.31. The molecule has 1 aromatic heterocycles. The third-order valence-electron chi connectivity index (χ3n) is 5.30. The molecule has 1 amide bonds. The van der Waals surface area contributed by atoms with Crippen molar-refractivity contribution in [1.82, 2.24) is 9.29 Å². The smallest absolute Gasteiger partial charge is 0.268 e. The van der Waals surface area contributed by atoms with Crippen LogP contribution in [0.25, 0.3) is 22.0 Å². The number of pyridine rings is 1. The Morgan fingerprint density at radius 1 is 0.903 bits per heavy atom. The fraction of sp³-hybridized carbons (Fsp3) is 0.0435. The normalized spacial score (nSPS) is 14.8. The van der Waals surface area contributed by atoms with Gasteiger partial charge in [-0.15, -0.1) is 0 Å². The molecule has 154 valence electrons. The maximum absolute atomic E-state index is 14.2. The van der Waals surface area contributed by atoms with Gasteiger partial charge >= 0.3 is 0 Å². The standard InChI is InChI=1S/C23H14F2N2O3S/c24-16-6-7-17(20(25)12-16)14-5-8-22-19(11-14)23(28)27(31(22,29)30)13-15-9-10-26-21-4-2-1-3-18(15)21/h1-12H,13H2. The van der Waals surface area contributed by atoms with Crippen molar-refractivity contribution in [3.63, 3.8) is 0 Å². The lowest BCUT2D eigenvalue weighted by Crippen LogP contribution is -2.29. The predicted molar refractivity (Wildman–Crippen MR) is 111 cm³/mol.